The molecule has 2 heterocycles. The van der Waals surface area contributed by atoms with Crippen molar-refractivity contribution in [2.75, 3.05) is 38.3 Å². The monoisotopic (exact) mass is 557 g/mol. The van der Waals surface area contributed by atoms with Crippen LogP contribution in [-0.4, -0.2) is 83.8 Å². The number of benzene rings is 1. The van der Waals surface area contributed by atoms with Crippen LogP contribution < -0.4 is 9.64 Å². The fourth-order valence-electron chi connectivity index (χ4n) is 5.25. The number of unbranched alkanes of at least 4 members (excludes halogenated alkanes) is 1. The summed E-state index contributed by atoms with van der Waals surface area (Å²) in [6, 6.07) is 0.796. The Bertz CT molecular complexity index is 1080. The number of nitrogens with zero attached hydrogens (tertiary/aromatic N) is 3. The first-order valence-electron chi connectivity index (χ1n) is 13.2. The van der Waals surface area contributed by atoms with E-state index >= 15 is 0 Å². The maximum Gasteiger partial charge on any atom is 0.417 e. The SMILES string of the molecule is COCCCCN1C(=O)C(C)(C)Oc2cc(C(F)(F)F)c(C(=O)N(C(C)C)C3CCCCN(C(=O)O)C3)cc21. The molecular weight excluding hydrogens is 519 g/mol. The lowest BCUT2D eigenvalue weighted by atomic mass is 9.97. The lowest BCUT2D eigenvalue weighted by Gasteiger charge is -2.40. The average Bonchev–Trinajstić information content (AvgIpc) is 3.08. The van der Waals surface area contributed by atoms with Gasteiger partial charge in [-0.05, 0) is 71.9 Å². The Hall–Kier alpha value is -3.02. The summed E-state index contributed by atoms with van der Waals surface area (Å²) < 4.78 is 53.9. The standard InChI is InChI=1S/C27H38F3N3O6/c1-17(2)33(18-10-6-7-11-31(16-18)25(36)37)23(34)19-14-21-22(15-20(19)27(28,29)30)39-26(3,4)24(35)32(21)12-8-9-13-38-5/h14-15,17-18H,6-13,16H2,1-5H3,(H,36,37). The van der Waals surface area contributed by atoms with Gasteiger partial charge in [0, 0.05) is 39.4 Å². The minimum atomic E-state index is -4.88. The smallest absolute Gasteiger partial charge is 0.417 e. The molecule has 39 heavy (non-hydrogen) atoms. The van der Waals surface area contributed by atoms with Crippen molar-refractivity contribution in [1.29, 1.82) is 0 Å². The lowest BCUT2D eigenvalue weighted by Crippen LogP contribution is -2.53. The van der Waals surface area contributed by atoms with Crippen LogP contribution in [0.15, 0.2) is 12.1 Å². The van der Waals surface area contributed by atoms with E-state index in [1.165, 1.54) is 28.5 Å². The minimum Gasteiger partial charge on any atom is -0.476 e. The number of likely N-dealkylation sites (tertiary alicyclic amines) is 1. The Labute approximate surface area is 226 Å². The predicted molar refractivity (Wildman–Crippen MR) is 138 cm³/mol. The highest BCUT2D eigenvalue weighted by Gasteiger charge is 2.45. The van der Waals surface area contributed by atoms with E-state index in [-0.39, 0.29) is 24.5 Å². The van der Waals surface area contributed by atoms with Gasteiger partial charge in [-0.25, -0.2) is 4.79 Å². The molecule has 3 amide bonds. The zero-order valence-corrected chi connectivity index (χ0v) is 23.1. The molecule has 12 heteroatoms. The molecule has 2 aliphatic rings. The molecule has 0 aliphatic carbocycles. The number of amides is 3. The molecule has 2 aliphatic heterocycles. The van der Waals surface area contributed by atoms with Crippen LogP contribution in [0.3, 0.4) is 0 Å². The zero-order valence-electron chi connectivity index (χ0n) is 23.1. The van der Waals surface area contributed by atoms with Crippen LogP contribution in [0.5, 0.6) is 5.75 Å². The maximum atomic E-state index is 14.4. The van der Waals surface area contributed by atoms with E-state index in [1.54, 1.807) is 21.0 Å². The van der Waals surface area contributed by atoms with Crippen molar-refractivity contribution < 1.29 is 42.1 Å². The van der Waals surface area contributed by atoms with Gasteiger partial charge in [-0.2, -0.15) is 13.2 Å². The molecule has 1 fully saturated rings. The Kier molecular flexibility index (Phi) is 9.40. The molecular formula is C27H38F3N3O6. The third kappa shape index (κ3) is 6.77. The Morgan fingerprint density at radius 2 is 1.92 bits per heavy atom. The minimum absolute atomic E-state index is 0.00690. The largest absolute Gasteiger partial charge is 0.476 e. The van der Waals surface area contributed by atoms with Gasteiger partial charge in [-0.15, -0.1) is 0 Å². The first-order valence-corrected chi connectivity index (χ1v) is 13.2. The molecule has 1 unspecified atom stereocenters. The number of halogens is 3. The summed E-state index contributed by atoms with van der Waals surface area (Å²) in [5.41, 5.74) is -3.05. The van der Waals surface area contributed by atoms with Crippen molar-refractivity contribution in [1.82, 2.24) is 9.80 Å². The molecule has 0 bridgehead atoms. The van der Waals surface area contributed by atoms with Crippen LogP contribution in [0.2, 0.25) is 0 Å². The zero-order chi connectivity index (χ0) is 29.1. The third-order valence-electron chi connectivity index (χ3n) is 7.13. The highest BCUT2D eigenvalue weighted by atomic mass is 19.4. The van der Waals surface area contributed by atoms with E-state index in [0.717, 1.165) is 12.1 Å². The molecule has 0 aromatic heterocycles. The van der Waals surface area contributed by atoms with Crippen LogP contribution in [0.1, 0.15) is 75.7 Å². The predicted octanol–water partition coefficient (Wildman–Crippen LogP) is 5.02. The van der Waals surface area contributed by atoms with Crippen LogP contribution in [0.4, 0.5) is 23.7 Å². The van der Waals surface area contributed by atoms with Gasteiger partial charge in [-0.1, -0.05) is 0 Å². The topological polar surface area (TPSA) is 99.6 Å². The van der Waals surface area contributed by atoms with Gasteiger partial charge in [0.05, 0.1) is 22.9 Å². The highest BCUT2D eigenvalue weighted by molar-refractivity contribution is 6.05. The molecule has 3 rings (SSSR count). The summed E-state index contributed by atoms with van der Waals surface area (Å²) >= 11 is 0. The average molecular weight is 558 g/mol. The number of rotatable bonds is 8. The fourth-order valence-corrected chi connectivity index (χ4v) is 5.25. The summed E-state index contributed by atoms with van der Waals surface area (Å²) in [7, 11) is 1.55. The van der Waals surface area contributed by atoms with Crippen LogP contribution >= 0.6 is 0 Å². The van der Waals surface area contributed by atoms with Crippen molar-refractivity contribution in [3.05, 3.63) is 23.3 Å². The van der Waals surface area contributed by atoms with E-state index < -0.39 is 52.9 Å². The Morgan fingerprint density at radius 3 is 2.51 bits per heavy atom. The van der Waals surface area contributed by atoms with Crippen LogP contribution in [-0.2, 0) is 15.7 Å². The number of fused-ring (bicyclic) bond motifs is 1. The van der Waals surface area contributed by atoms with E-state index in [1.807, 2.05) is 0 Å². The van der Waals surface area contributed by atoms with E-state index in [2.05, 4.69) is 0 Å². The molecule has 1 N–H and O–H groups in total. The summed E-state index contributed by atoms with van der Waals surface area (Å²) in [6.45, 7) is 7.35. The highest BCUT2D eigenvalue weighted by Crippen LogP contribution is 2.44. The molecule has 9 nitrogen and oxygen atoms in total. The van der Waals surface area contributed by atoms with Crippen LogP contribution in [0, 0.1) is 0 Å². The Morgan fingerprint density at radius 1 is 1.23 bits per heavy atom. The molecule has 1 saturated heterocycles. The summed E-state index contributed by atoms with van der Waals surface area (Å²) in [5, 5.41) is 9.56. The second-order valence-electron chi connectivity index (χ2n) is 10.8. The molecule has 1 aromatic carbocycles. The van der Waals surface area contributed by atoms with Crippen molar-refractivity contribution >= 4 is 23.6 Å². The molecule has 1 atom stereocenters. The van der Waals surface area contributed by atoms with Crippen LogP contribution in [0.25, 0.3) is 0 Å². The van der Waals surface area contributed by atoms with E-state index in [0.29, 0.717) is 45.3 Å². The van der Waals surface area contributed by atoms with E-state index in [9.17, 15) is 32.7 Å². The molecule has 218 valence electrons. The van der Waals surface area contributed by atoms with Gasteiger partial charge in [-0.3, -0.25) is 9.59 Å². The van der Waals surface area contributed by atoms with Gasteiger partial charge in [0.15, 0.2) is 5.60 Å². The summed E-state index contributed by atoms with van der Waals surface area (Å²) in [6.07, 6.45) is -3.16. The quantitative estimate of drug-likeness (QED) is 0.451. The number of methoxy groups -OCH3 is 1. The van der Waals surface area contributed by atoms with Crippen molar-refractivity contribution in [3.63, 3.8) is 0 Å². The summed E-state index contributed by atoms with van der Waals surface area (Å²) in [5.74, 6) is -1.42. The fraction of sp³-hybridized carbons (Fsp3) is 0.667. The number of carbonyl (C=O) groups is 3. The van der Waals surface area contributed by atoms with Crippen molar-refractivity contribution in [3.8, 4) is 5.75 Å². The second-order valence-corrected chi connectivity index (χ2v) is 10.8. The normalized spacial score (nSPS) is 19.4. The number of carboxylic acid groups (broad SMARTS) is 1. The van der Waals surface area contributed by atoms with Gasteiger partial charge >= 0.3 is 12.3 Å². The molecule has 1 aromatic rings. The molecule has 0 radical (unpaired) electrons. The first kappa shape index (κ1) is 30.5. The number of anilines is 1. The van der Waals surface area contributed by atoms with Gasteiger partial charge in [0.1, 0.15) is 5.75 Å². The molecule has 0 spiro atoms. The van der Waals surface area contributed by atoms with Gasteiger partial charge in [0.2, 0.25) is 0 Å². The number of hydrogen-bond donors (Lipinski definition) is 1. The number of ether oxygens (including phenoxy) is 2. The van der Waals surface area contributed by atoms with Crippen molar-refractivity contribution in [2.24, 2.45) is 0 Å². The maximum absolute atomic E-state index is 14.4. The lowest BCUT2D eigenvalue weighted by molar-refractivity contribution is -0.138. The first-order chi connectivity index (χ1) is 18.2. The van der Waals surface area contributed by atoms with Gasteiger partial charge < -0.3 is 29.3 Å². The van der Waals surface area contributed by atoms with E-state index in [4.69, 9.17) is 9.47 Å². The third-order valence-corrected chi connectivity index (χ3v) is 7.13. The number of carbonyl (C=O) groups excluding carboxylic acids is 2. The summed E-state index contributed by atoms with van der Waals surface area (Å²) in [4.78, 5) is 42.8. The van der Waals surface area contributed by atoms with Crippen molar-refractivity contribution in [2.45, 2.75) is 83.7 Å². The Balaban J connectivity index is 2.11. The second kappa shape index (κ2) is 12.0. The van der Waals surface area contributed by atoms with Gasteiger partial charge in [0.25, 0.3) is 11.8 Å². The number of hydrogen-bond acceptors (Lipinski definition) is 5. The molecule has 0 saturated carbocycles. The number of alkyl halides is 3.